The summed E-state index contributed by atoms with van der Waals surface area (Å²) in [6.07, 6.45) is 2.12. The Hall–Kier alpha value is -2.40. The highest BCUT2D eigenvalue weighted by Gasteiger charge is 2.24. The summed E-state index contributed by atoms with van der Waals surface area (Å²) in [4.78, 5) is 10.7. The average Bonchev–Trinajstić information content (AvgIpc) is 3.04. The Morgan fingerprint density at radius 1 is 1.00 bits per heavy atom. The maximum Gasteiger partial charge on any atom is 0.173 e. The minimum absolute atomic E-state index is 0.466. The van der Waals surface area contributed by atoms with Gasteiger partial charge in [0.1, 0.15) is 5.82 Å². The van der Waals surface area contributed by atoms with Crippen molar-refractivity contribution in [1.82, 2.24) is 14.9 Å². The van der Waals surface area contributed by atoms with Crippen molar-refractivity contribution in [2.24, 2.45) is 0 Å². The molecule has 0 bridgehead atoms. The Morgan fingerprint density at radius 2 is 1.64 bits per heavy atom. The number of piperidine rings is 1. The predicted molar refractivity (Wildman–Crippen MR) is 121 cm³/mol. The van der Waals surface area contributed by atoms with Crippen LogP contribution in [0.15, 0.2) is 30.3 Å². The van der Waals surface area contributed by atoms with E-state index in [4.69, 9.17) is 17.2 Å². The lowest BCUT2D eigenvalue weighted by Crippen LogP contribution is -2.40. The lowest BCUT2D eigenvalue weighted by Gasteiger charge is -2.33. The second-order valence-corrected chi connectivity index (χ2v) is 8.53. The largest absolute Gasteiger partial charge is 0.349 e. The number of nitrogens with zero attached hydrogens (tertiary/aromatic N) is 2. The molecular weight excluding hydrogens is 364 g/mol. The second-order valence-electron chi connectivity index (χ2n) is 8.14. The van der Waals surface area contributed by atoms with Crippen molar-refractivity contribution < 1.29 is 0 Å². The van der Waals surface area contributed by atoms with E-state index in [-0.39, 0.29) is 0 Å². The number of likely N-dealkylation sites (tertiary alicyclic amines) is 1. The van der Waals surface area contributed by atoms with E-state index in [1.165, 1.54) is 22.3 Å². The SMILES string of the molecule is Cc1cc(C)cc(NC(=S)N2CCC(c3nc4cc(C)c(C)cc4[nH]3)CC2)c1. The molecule has 0 amide bonds. The van der Waals surface area contributed by atoms with Gasteiger partial charge in [0.2, 0.25) is 0 Å². The smallest absolute Gasteiger partial charge is 0.173 e. The Morgan fingerprint density at radius 3 is 2.32 bits per heavy atom. The fourth-order valence-corrected chi connectivity index (χ4v) is 4.39. The van der Waals surface area contributed by atoms with Crippen molar-refractivity contribution in [3.8, 4) is 0 Å². The number of hydrogen-bond donors (Lipinski definition) is 2. The Labute approximate surface area is 172 Å². The van der Waals surface area contributed by atoms with Crippen molar-refractivity contribution >= 4 is 34.1 Å². The summed E-state index contributed by atoms with van der Waals surface area (Å²) in [6, 6.07) is 10.9. The third-order valence-electron chi connectivity index (χ3n) is 5.76. The lowest BCUT2D eigenvalue weighted by molar-refractivity contribution is 0.311. The third-order valence-corrected chi connectivity index (χ3v) is 6.12. The van der Waals surface area contributed by atoms with Crippen LogP contribution >= 0.6 is 12.2 Å². The topological polar surface area (TPSA) is 44.0 Å². The molecule has 0 atom stereocenters. The summed E-state index contributed by atoms with van der Waals surface area (Å²) in [5.74, 6) is 1.58. The maximum absolute atomic E-state index is 5.67. The molecule has 146 valence electrons. The van der Waals surface area contributed by atoms with Gasteiger partial charge >= 0.3 is 0 Å². The quantitative estimate of drug-likeness (QED) is 0.575. The van der Waals surface area contributed by atoms with Crippen LogP contribution in [0.2, 0.25) is 0 Å². The first-order valence-corrected chi connectivity index (χ1v) is 10.4. The molecule has 1 saturated heterocycles. The molecule has 0 aliphatic carbocycles. The number of aromatic nitrogens is 2. The van der Waals surface area contributed by atoms with Crippen LogP contribution in [0.3, 0.4) is 0 Å². The molecular formula is C23H28N4S. The number of imidazole rings is 1. The van der Waals surface area contributed by atoms with Gasteiger partial charge in [-0.05, 0) is 99.3 Å². The molecule has 3 aromatic rings. The number of fused-ring (bicyclic) bond motifs is 1. The molecule has 4 rings (SSSR count). The number of hydrogen-bond acceptors (Lipinski definition) is 2. The van der Waals surface area contributed by atoms with Crippen LogP contribution in [0.25, 0.3) is 11.0 Å². The first kappa shape index (κ1) is 18.9. The average molecular weight is 393 g/mol. The summed E-state index contributed by atoms with van der Waals surface area (Å²) in [7, 11) is 0. The molecule has 2 aromatic carbocycles. The molecule has 2 N–H and O–H groups in total. The predicted octanol–water partition coefficient (Wildman–Crippen LogP) is 5.37. The lowest BCUT2D eigenvalue weighted by atomic mass is 9.96. The minimum Gasteiger partial charge on any atom is -0.349 e. The van der Waals surface area contributed by atoms with Crippen molar-refractivity contribution in [3.05, 3.63) is 58.4 Å². The van der Waals surface area contributed by atoms with Gasteiger partial charge in [-0.25, -0.2) is 4.98 Å². The number of anilines is 1. The van der Waals surface area contributed by atoms with Gasteiger partial charge in [0.15, 0.2) is 5.11 Å². The number of thiocarbonyl (C=S) groups is 1. The van der Waals surface area contributed by atoms with E-state index in [0.29, 0.717) is 5.92 Å². The van der Waals surface area contributed by atoms with E-state index >= 15 is 0 Å². The molecule has 2 heterocycles. The highest BCUT2D eigenvalue weighted by Crippen LogP contribution is 2.29. The fourth-order valence-electron chi connectivity index (χ4n) is 4.09. The molecule has 28 heavy (non-hydrogen) atoms. The van der Waals surface area contributed by atoms with Gasteiger partial charge in [-0.1, -0.05) is 6.07 Å². The molecule has 1 aliphatic rings. The van der Waals surface area contributed by atoms with Gasteiger partial charge < -0.3 is 15.2 Å². The van der Waals surface area contributed by atoms with Crippen LogP contribution in [-0.4, -0.2) is 33.1 Å². The molecule has 0 saturated carbocycles. The first-order chi connectivity index (χ1) is 13.4. The number of aromatic amines is 1. The van der Waals surface area contributed by atoms with E-state index < -0.39 is 0 Å². The van der Waals surface area contributed by atoms with Crippen LogP contribution in [0, 0.1) is 27.7 Å². The van der Waals surface area contributed by atoms with E-state index in [1.807, 2.05) is 0 Å². The van der Waals surface area contributed by atoms with E-state index in [1.54, 1.807) is 0 Å². The highest BCUT2D eigenvalue weighted by atomic mass is 32.1. The Kier molecular flexibility index (Phi) is 5.11. The molecule has 0 unspecified atom stereocenters. The normalized spacial score (nSPS) is 15.2. The van der Waals surface area contributed by atoms with Crippen LogP contribution in [0.5, 0.6) is 0 Å². The van der Waals surface area contributed by atoms with Crippen molar-refractivity contribution in [2.45, 2.75) is 46.5 Å². The first-order valence-electron chi connectivity index (χ1n) is 10.00. The summed E-state index contributed by atoms with van der Waals surface area (Å²) in [6.45, 7) is 10.4. The molecule has 0 spiro atoms. The third kappa shape index (κ3) is 3.90. The standard InChI is InChI=1S/C23H28N4S/c1-14-9-15(2)11-19(10-14)24-23(28)27-7-5-18(6-8-27)22-25-20-12-16(3)17(4)13-21(20)26-22/h9-13,18H,5-8H2,1-4H3,(H,24,28)(H,25,26). The number of benzene rings is 2. The monoisotopic (exact) mass is 392 g/mol. The van der Waals surface area contributed by atoms with Gasteiger partial charge in [0, 0.05) is 24.7 Å². The minimum atomic E-state index is 0.466. The van der Waals surface area contributed by atoms with Crippen LogP contribution in [0.4, 0.5) is 5.69 Å². The number of aryl methyl sites for hydroxylation is 4. The molecule has 1 fully saturated rings. The van der Waals surface area contributed by atoms with Gasteiger partial charge in [0.05, 0.1) is 11.0 Å². The van der Waals surface area contributed by atoms with Gasteiger partial charge in [-0.15, -0.1) is 0 Å². The van der Waals surface area contributed by atoms with Crippen LogP contribution < -0.4 is 5.32 Å². The van der Waals surface area contributed by atoms with Crippen LogP contribution in [0.1, 0.15) is 46.8 Å². The zero-order valence-corrected chi connectivity index (χ0v) is 17.9. The summed E-state index contributed by atoms with van der Waals surface area (Å²) in [5.41, 5.74) is 8.40. The Bertz CT molecular complexity index is 969. The van der Waals surface area contributed by atoms with Crippen molar-refractivity contribution in [2.75, 3.05) is 18.4 Å². The van der Waals surface area contributed by atoms with E-state index in [0.717, 1.165) is 53.6 Å². The highest BCUT2D eigenvalue weighted by molar-refractivity contribution is 7.80. The zero-order chi connectivity index (χ0) is 19.8. The molecule has 0 radical (unpaired) electrons. The van der Waals surface area contributed by atoms with Gasteiger partial charge in [0.25, 0.3) is 0 Å². The number of nitrogens with one attached hydrogen (secondary N) is 2. The fraction of sp³-hybridized carbons (Fsp3) is 0.391. The van der Waals surface area contributed by atoms with Gasteiger partial charge in [-0.3, -0.25) is 0 Å². The number of rotatable bonds is 2. The molecule has 4 nitrogen and oxygen atoms in total. The van der Waals surface area contributed by atoms with Gasteiger partial charge in [-0.2, -0.15) is 0 Å². The maximum atomic E-state index is 5.67. The Balaban J connectivity index is 1.41. The summed E-state index contributed by atoms with van der Waals surface area (Å²) < 4.78 is 0. The van der Waals surface area contributed by atoms with Crippen LogP contribution in [-0.2, 0) is 0 Å². The second kappa shape index (κ2) is 7.55. The summed E-state index contributed by atoms with van der Waals surface area (Å²) in [5, 5.41) is 4.23. The molecule has 1 aromatic heterocycles. The van der Waals surface area contributed by atoms with Crippen molar-refractivity contribution in [1.29, 1.82) is 0 Å². The van der Waals surface area contributed by atoms with Crippen molar-refractivity contribution in [3.63, 3.8) is 0 Å². The van der Waals surface area contributed by atoms with E-state index in [9.17, 15) is 0 Å². The summed E-state index contributed by atoms with van der Waals surface area (Å²) >= 11 is 5.67. The van der Waals surface area contributed by atoms with E-state index in [2.05, 4.69) is 73.2 Å². The number of H-pyrrole nitrogens is 1. The molecule has 1 aliphatic heterocycles. The zero-order valence-electron chi connectivity index (χ0n) is 17.1. The molecule has 5 heteroatoms.